The van der Waals surface area contributed by atoms with E-state index in [0.29, 0.717) is 6.04 Å². The lowest BCUT2D eigenvalue weighted by atomic mass is 9.98. The normalized spacial score (nSPS) is 19.6. The van der Waals surface area contributed by atoms with Crippen molar-refractivity contribution in [2.24, 2.45) is 4.99 Å². The second-order valence-electron chi connectivity index (χ2n) is 8.01. The van der Waals surface area contributed by atoms with Gasteiger partial charge < -0.3 is 15.4 Å². The largest absolute Gasteiger partial charge is 0.379 e. The van der Waals surface area contributed by atoms with Crippen LogP contribution in [0.15, 0.2) is 29.3 Å². The van der Waals surface area contributed by atoms with Crippen LogP contribution in [-0.2, 0) is 17.7 Å². The first-order valence-electron chi connectivity index (χ1n) is 11.4. The first-order valence-corrected chi connectivity index (χ1v) is 11.4. The van der Waals surface area contributed by atoms with E-state index in [9.17, 15) is 0 Å². The topological polar surface area (TPSA) is 52.1 Å². The van der Waals surface area contributed by atoms with Gasteiger partial charge in [-0.1, -0.05) is 31.2 Å². The Balaban J connectivity index is 1.46. The van der Waals surface area contributed by atoms with Crippen LogP contribution in [0.1, 0.15) is 37.8 Å². The lowest BCUT2D eigenvalue weighted by Gasteiger charge is -2.34. The number of aliphatic imine (C=N–C) groups is 1. The zero-order chi connectivity index (χ0) is 20.3. The molecule has 3 rings (SSSR count). The van der Waals surface area contributed by atoms with Crippen LogP contribution >= 0.6 is 0 Å². The Kier molecular flexibility index (Phi) is 9.25. The number of nitrogens with zero attached hydrogens (tertiary/aromatic N) is 3. The van der Waals surface area contributed by atoms with E-state index in [2.05, 4.69) is 58.5 Å². The van der Waals surface area contributed by atoms with Crippen LogP contribution in [0.5, 0.6) is 0 Å². The number of hydrogen-bond acceptors (Lipinski definition) is 4. The van der Waals surface area contributed by atoms with Crippen molar-refractivity contribution in [1.29, 1.82) is 0 Å². The fourth-order valence-corrected chi connectivity index (χ4v) is 4.20. The molecule has 0 amide bonds. The van der Waals surface area contributed by atoms with Crippen LogP contribution < -0.4 is 10.6 Å². The highest BCUT2D eigenvalue weighted by atomic mass is 16.5. The molecular formula is C23H39N5O. The molecule has 29 heavy (non-hydrogen) atoms. The highest BCUT2D eigenvalue weighted by molar-refractivity contribution is 5.79. The monoisotopic (exact) mass is 401 g/mol. The van der Waals surface area contributed by atoms with Crippen LogP contribution in [0.3, 0.4) is 0 Å². The van der Waals surface area contributed by atoms with Gasteiger partial charge in [0.1, 0.15) is 0 Å². The Labute approximate surface area is 176 Å². The third-order valence-electron chi connectivity index (χ3n) is 6.00. The van der Waals surface area contributed by atoms with E-state index in [4.69, 9.17) is 9.73 Å². The Morgan fingerprint density at radius 1 is 1.10 bits per heavy atom. The highest BCUT2D eigenvalue weighted by Gasteiger charge is 2.22. The van der Waals surface area contributed by atoms with Gasteiger partial charge in [-0.05, 0) is 43.9 Å². The maximum absolute atomic E-state index is 5.42. The SMILES string of the molecule is CCNC(=NCC(CC)N1CCc2ccccc2C1)NCCCN1CCOCC1. The fraction of sp³-hybridized carbons (Fsp3) is 0.696. The van der Waals surface area contributed by atoms with Crippen molar-refractivity contribution in [3.63, 3.8) is 0 Å². The maximum Gasteiger partial charge on any atom is 0.191 e. The third kappa shape index (κ3) is 6.98. The Morgan fingerprint density at radius 2 is 1.90 bits per heavy atom. The summed E-state index contributed by atoms with van der Waals surface area (Å²) in [5.41, 5.74) is 2.99. The number of guanidine groups is 1. The Bertz CT molecular complexity index is 629. The van der Waals surface area contributed by atoms with E-state index in [1.165, 1.54) is 11.1 Å². The first kappa shape index (κ1) is 22.1. The highest BCUT2D eigenvalue weighted by Crippen LogP contribution is 2.21. The van der Waals surface area contributed by atoms with E-state index in [1.807, 2.05) is 0 Å². The van der Waals surface area contributed by atoms with Gasteiger partial charge in [0.2, 0.25) is 0 Å². The molecule has 2 aliphatic rings. The summed E-state index contributed by atoms with van der Waals surface area (Å²) in [5.74, 6) is 0.949. The molecule has 2 heterocycles. The van der Waals surface area contributed by atoms with Gasteiger partial charge in [0.05, 0.1) is 19.8 Å². The molecule has 0 aliphatic carbocycles. The van der Waals surface area contributed by atoms with E-state index >= 15 is 0 Å². The lowest BCUT2D eigenvalue weighted by Crippen LogP contribution is -2.43. The average molecular weight is 402 g/mol. The predicted molar refractivity (Wildman–Crippen MR) is 120 cm³/mol. The summed E-state index contributed by atoms with van der Waals surface area (Å²) in [6, 6.07) is 9.36. The molecule has 2 N–H and O–H groups in total. The summed E-state index contributed by atoms with van der Waals surface area (Å²) in [5, 5.41) is 6.93. The van der Waals surface area contributed by atoms with Crippen molar-refractivity contribution in [3.8, 4) is 0 Å². The van der Waals surface area contributed by atoms with Crippen molar-refractivity contribution >= 4 is 5.96 Å². The molecule has 1 unspecified atom stereocenters. The predicted octanol–water partition coefficient (Wildman–Crippen LogP) is 2.10. The van der Waals surface area contributed by atoms with Gasteiger partial charge in [-0.3, -0.25) is 14.8 Å². The fourth-order valence-electron chi connectivity index (χ4n) is 4.20. The summed E-state index contributed by atoms with van der Waals surface area (Å²) in [6.45, 7) is 14.3. The van der Waals surface area contributed by atoms with Crippen molar-refractivity contribution in [2.75, 3.05) is 59.0 Å². The van der Waals surface area contributed by atoms with Crippen molar-refractivity contribution in [1.82, 2.24) is 20.4 Å². The molecule has 162 valence electrons. The molecule has 6 heteroatoms. The standard InChI is InChI=1S/C23H39N5O/c1-3-22(28-13-10-20-8-5-6-9-21(20)19-28)18-26-23(24-4-2)25-11-7-12-27-14-16-29-17-15-27/h5-6,8-9,22H,3-4,7,10-19H2,1-2H3,(H2,24,25,26). The Hall–Kier alpha value is -1.63. The summed E-state index contributed by atoms with van der Waals surface area (Å²) in [6.07, 6.45) is 3.41. The zero-order valence-electron chi connectivity index (χ0n) is 18.3. The van der Waals surface area contributed by atoms with E-state index in [-0.39, 0.29) is 0 Å². The van der Waals surface area contributed by atoms with Crippen LogP contribution in [0, 0.1) is 0 Å². The van der Waals surface area contributed by atoms with Gasteiger partial charge in [0.15, 0.2) is 5.96 Å². The molecule has 1 atom stereocenters. The van der Waals surface area contributed by atoms with Gasteiger partial charge in [-0.25, -0.2) is 0 Å². The summed E-state index contributed by atoms with van der Waals surface area (Å²) >= 11 is 0. The molecule has 1 fully saturated rings. The Morgan fingerprint density at radius 3 is 2.66 bits per heavy atom. The number of hydrogen-bond donors (Lipinski definition) is 2. The number of nitrogens with one attached hydrogen (secondary N) is 2. The minimum absolute atomic E-state index is 0.493. The first-order chi connectivity index (χ1) is 14.3. The van der Waals surface area contributed by atoms with E-state index in [1.54, 1.807) is 0 Å². The molecule has 2 aliphatic heterocycles. The van der Waals surface area contributed by atoms with Crippen LogP contribution in [0.4, 0.5) is 0 Å². The second kappa shape index (κ2) is 12.2. The smallest absolute Gasteiger partial charge is 0.191 e. The molecule has 1 saturated heterocycles. The molecule has 0 radical (unpaired) electrons. The summed E-state index contributed by atoms with van der Waals surface area (Å²) < 4.78 is 5.42. The minimum atomic E-state index is 0.493. The summed E-state index contributed by atoms with van der Waals surface area (Å²) in [4.78, 5) is 10.0. The number of ether oxygens (including phenoxy) is 1. The van der Waals surface area contributed by atoms with Crippen molar-refractivity contribution < 1.29 is 4.74 Å². The zero-order valence-corrected chi connectivity index (χ0v) is 18.3. The van der Waals surface area contributed by atoms with Gasteiger partial charge >= 0.3 is 0 Å². The number of morpholine rings is 1. The van der Waals surface area contributed by atoms with E-state index < -0.39 is 0 Å². The maximum atomic E-state index is 5.42. The molecule has 0 aromatic heterocycles. The van der Waals surface area contributed by atoms with E-state index in [0.717, 1.165) is 90.8 Å². The van der Waals surface area contributed by atoms with Gasteiger partial charge in [-0.15, -0.1) is 0 Å². The van der Waals surface area contributed by atoms with Gasteiger partial charge in [0.25, 0.3) is 0 Å². The lowest BCUT2D eigenvalue weighted by molar-refractivity contribution is 0.0376. The molecular weight excluding hydrogens is 362 g/mol. The molecule has 0 spiro atoms. The van der Waals surface area contributed by atoms with Crippen LogP contribution in [-0.4, -0.2) is 80.8 Å². The average Bonchev–Trinajstić information content (AvgIpc) is 2.77. The van der Waals surface area contributed by atoms with Gasteiger partial charge in [0, 0.05) is 45.3 Å². The van der Waals surface area contributed by atoms with Crippen LogP contribution in [0.2, 0.25) is 0 Å². The molecule has 1 aromatic carbocycles. The second-order valence-corrected chi connectivity index (χ2v) is 8.01. The molecule has 0 saturated carbocycles. The van der Waals surface area contributed by atoms with Gasteiger partial charge in [-0.2, -0.15) is 0 Å². The van der Waals surface area contributed by atoms with Crippen molar-refractivity contribution in [2.45, 2.75) is 45.7 Å². The van der Waals surface area contributed by atoms with Crippen molar-refractivity contribution in [3.05, 3.63) is 35.4 Å². The number of fused-ring (bicyclic) bond motifs is 1. The number of benzene rings is 1. The number of rotatable bonds is 9. The third-order valence-corrected chi connectivity index (χ3v) is 6.00. The molecule has 1 aromatic rings. The molecule has 6 nitrogen and oxygen atoms in total. The van der Waals surface area contributed by atoms with Crippen LogP contribution in [0.25, 0.3) is 0 Å². The molecule has 0 bridgehead atoms. The minimum Gasteiger partial charge on any atom is -0.379 e. The summed E-state index contributed by atoms with van der Waals surface area (Å²) in [7, 11) is 0. The quantitative estimate of drug-likeness (QED) is 0.377.